The number of nitrogens with zero attached hydrogens (tertiary/aromatic N) is 7. The molecule has 6 N–H and O–H groups in total. The number of rotatable bonds is 11. The lowest BCUT2D eigenvalue weighted by molar-refractivity contribution is -0.0230. The van der Waals surface area contributed by atoms with Crippen LogP contribution in [0.15, 0.2) is 23.8 Å². The topological polar surface area (TPSA) is 250 Å². The Kier molecular flexibility index (Phi) is 8.18. The number of nitrogens with two attached hydrogens (primary N) is 2. The summed E-state index contributed by atoms with van der Waals surface area (Å²) >= 11 is 0. The van der Waals surface area contributed by atoms with Crippen LogP contribution in [0.1, 0.15) is 25.5 Å². The van der Waals surface area contributed by atoms with Gasteiger partial charge in [0.2, 0.25) is 5.95 Å². The van der Waals surface area contributed by atoms with E-state index < -0.39 is 34.2 Å². The average molecular weight is 622 g/mol. The molecule has 2 aliphatic rings. The standard InChI is InChI=1S/C22H26N10O8P2/c23-18-16-19(26-8-25-18)31(9-27-16)4-12-1-2-13(39-12)5-37-41(34)7-11-3-15(40-14(11)6-38-42(35)36)32-10-28-17-20(32)29-22(24)30-21(17)33/h8-15H,1-7H2,(H4-2,23,24,25,26,29,30,33,35,36)/p+2/t11-,12-,13?,14?,15-/m1/s1. The van der Waals surface area contributed by atoms with Crippen molar-refractivity contribution in [2.75, 3.05) is 30.8 Å². The van der Waals surface area contributed by atoms with E-state index in [-0.39, 0.29) is 54.6 Å². The smallest absolute Gasteiger partial charge is 0.382 e. The number of aromatic nitrogens is 8. The molecule has 0 bridgehead atoms. The molecule has 4 aromatic rings. The van der Waals surface area contributed by atoms with Crippen molar-refractivity contribution in [3.8, 4) is 0 Å². The highest BCUT2D eigenvalue weighted by atomic mass is 31.1. The molecule has 2 aliphatic heterocycles. The molecule has 42 heavy (non-hydrogen) atoms. The van der Waals surface area contributed by atoms with Crippen LogP contribution in [0, 0.1) is 5.92 Å². The lowest BCUT2D eigenvalue weighted by Crippen LogP contribution is -2.24. The normalized spacial score (nSPS) is 25.0. The monoisotopic (exact) mass is 622 g/mol. The van der Waals surface area contributed by atoms with E-state index in [9.17, 15) is 13.9 Å². The molecule has 6 heterocycles. The molecule has 222 valence electrons. The molecule has 18 nitrogen and oxygen atoms in total. The summed E-state index contributed by atoms with van der Waals surface area (Å²) in [5.74, 6) is -0.119. The van der Waals surface area contributed by atoms with Crippen LogP contribution < -0.4 is 17.0 Å². The van der Waals surface area contributed by atoms with Gasteiger partial charge in [-0.25, -0.2) is 19.9 Å². The Bertz CT molecular complexity index is 1690. The molecule has 0 saturated carbocycles. The molecule has 0 aromatic carbocycles. The Morgan fingerprint density at radius 2 is 1.83 bits per heavy atom. The van der Waals surface area contributed by atoms with Crippen LogP contribution in [0.5, 0.6) is 0 Å². The van der Waals surface area contributed by atoms with Gasteiger partial charge in [0, 0.05) is 16.9 Å². The van der Waals surface area contributed by atoms with E-state index in [0.29, 0.717) is 29.9 Å². The van der Waals surface area contributed by atoms with Crippen molar-refractivity contribution in [3.05, 3.63) is 29.3 Å². The highest BCUT2D eigenvalue weighted by molar-refractivity contribution is 7.39. The van der Waals surface area contributed by atoms with Crippen molar-refractivity contribution in [2.45, 2.75) is 50.3 Å². The molecule has 20 heteroatoms. The highest BCUT2D eigenvalue weighted by Gasteiger charge is 2.44. The quantitative estimate of drug-likeness (QED) is 0.170. The van der Waals surface area contributed by atoms with E-state index in [1.807, 2.05) is 4.57 Å². The van der Waals surface area contributed by atoms with Gasteiger partial charge in [0.25, 0.3) is 5.56 Å². The fraction of sp³-hybridized carbons (Fsp3) is 0.545. The summed E-state index contributed by atoms with van der Waals surface area (Å²) in [6.07, 6.45) is 4.76. The van der Waals surface area contributed by atoms with Crippen molar-refractivity contribution in [3.63, 3.8) is 0 Å². The number of ether oxygens (including phenoxy) is 2. The van der Waals surface area contributed by atoms with E-state index in [0.717, 1.165) is 12.8 Å². The average Bonchev–Trinajstić information content (AvgIpc) is 3.73. The molecule has 0 amide bonds. The Balaban J connectivity index is 1.05. The lowest BCUT2D eigenvalue weighted by Gasteiger charge is -2.14. The Labute approximate surface area is 238 Å². The second-order valence-corrected chi connectivity index (χ2v) is 12.1. The largest absolute Gasteiger partial charge is 0.694 e. The fourth-order valence-electron chi connectivity index (χ4n) is 5.32. The van der Waals surface area contributed by atoms with Crippen LogP contribution in [-0.2, 0) is 34.2 Å². The molecule has 4 unspecified atom stereocenters. The van der Waals surface area contributed by atoms with Crippen LogP contribution >= 0.6 is 16.3 Å². The molecule has 4 aromatic heterocycles. The molecule has 2 fully saturated rings. The van der Waals surface area contributed by atoms with Gasteiger partial charge in [-0.1, -0.05) is 0 Å². The molecular formula is C22H28N10O8P2+2. The van der Waals surface area contributed by atoms with Crippen LogP contribution in [0.25, 0.3) is 22.3 Å². The van der Waals surface area contributed by atoms with Crippen LogP contribution in [0.4, 0.5) is 11.8 Å². The van der Waals surface area contributed by atoms with Gasteiger partial charge in [-0.15, -0.1) is 13.9 Å². The first-order valence-corrected chi connectivity index (χ1v) is 15.6. The van der Waals surface area contributed by atoms with Gasteiger partial charge in [-0.2, -0.15) is 4.98 Å². The van der Waals surface area contributed by atoms with Crippen molar-refractivity contribution in [1.29, 1.82) is 0 Å². The minimum atomic E-state index is -2.86. The fourth-order valence-corrected chi connectivity index (χ4v) is 6.80. The highest BCUT2D eigenvalue weighted by Crippen LogP contribution is 2.41. The third-order valence-corrected chi connectivity index (χ3v) is 8.86. The minimum Gasteiger partial charge on any atom is -0.382 e. The predicted octanol–water partition coefficient (Wildman–Crippen LogP) is 1.00. The number of anilines is 2. The second kappa shape index (κ2) is 12.0. The Morgan fingerprint density at radius 1 is 1.02 bits per heavy atom. The molecule has 0 radical (unpaired) electrons. The van der Waals surface area contributed by atoms with Gasteiger partial charge in [0.05, 0.1) is 37.5 Å². The maximum absolute atomic E-state index is 13.0. The van der Waals surface area contributed by atoms with Crippen molar-refractivity contribution in [2.24, 2.45) is 5.92 Å². The number of H-pyrrole nitrogens is 1. The van der Waals surface area contributed by atoms with Gasteiger partial charge in [0.15, 0.2) is 28.8 Å². The van der Waals surface area contributed by atoms with Crippen molar-refractivity contribution >= 4 is 50.4 Å². The predicted molar refractivity (Wildman–Crippen MR) is 146 cm³/mol. The molecular weight excluding hydrogens is 594 g/mol. The first-order valence-electron chi connectivity index (χ1n) is 13.1. The zero-order valence-corrected chi connectivity index (χ0v) is 23.8. The lowest BCUT2D eigenvalue weighted by atomic mass is 10.0. The second-order valence-electron chi connectivity index (χ2n) is 10.0. The molecule has 6 rings (SSSR count). The van der Waals surface area contributed by atoms with E-state index in [2.05, 4.69) is 29.9 Å². The molecule has 2 saturated heterocycles. The molecule has 7 atom stereocenters. The maximum Gasteiger partial charge on any atom is 0.694 e. The van der Waals surface area contributed by atoms with E-state index >= 15 is 0 Å². The van der Waals surface area contributed by atoms with Crippen LogP contribution in [-0.4, -0.2) is 81.6 Å². The maximum atomic E-state index is 13.0. The first-order chi connectivity index (χ1) is 20.2. The number of fused-ring (bicyclic) bond motifs is 2. The first kappa shape index (κ1) is 28.6. The van der Waals surface area contributed by atoms with Crippen molar-refractivity contribution < 1.29 is 32.5 Å². The van der Waals surface area contributed by atoms with E-state index in [1.54, 1.807) is 10.9 Å². The summed E-state index contributed by atoms with van der Waals surface area (Å²) in [6, 6.07) is 0. The summed E-state index contributed by atoms with van der Waals surface area (Å²) < 4.78 is 50.4. The molecule has 0 aliphatic carbocycles. The van der Waals surface area contributed by atoms with E-state index in [4.69, 9.17) is 34.9 Å². The van der Waals surface area contributed by atoms with Gasteiger partial charge in [-0.05, 0) is 17.4 Å². The third-order valence-electron chi connectivity index (χ3n) is 7.29. The summed E-state index contributed by atoms with van der Waals surface area (Å²) in [5, 5.41) is 0. The van der Waals surface area contributed by atoms with Crippen molar-refractivity contribution in [1.82, 2.24) is 39.0 Å². The zero-order valence-electron chi connectivity index (χ0n) is 22.1. The third kappa shape index (κ3) is 6.01. The number of aromatic amines is 1. The minimum absolute atomic E-state index is 0.0779. The number of nitrogens with one attached hydrogen (secondary N) is 1. The van der Waals surface area contributed by atoms with Gasteiger partial charge >= 0.3 is 16.3 Å². The van der Waals surface area contributed by atoms with Gasteiger partial charge < -0.3 is 25.5 Å². The van der Waals surface area contributed by atoms with Crippen LogP contribution in [0.3, 0.4) is 0 Å². The summed E-state index contributed by atoms with van der Waals surface area (Å²) in [6.45, 7) is 0.469. The number of hydrogen-bond acceptors (Lipinski definition) is 14. The summed E-state index contributed by atoms with van der Waals surface area (Å²) in [7, 11) is -4.99. The van der Waals surface area contributed by atoms with Gasteiger partial charge in [0.1, 0.15) is 31.3 Å². The number of nitrogen functional groups attached to an aromatic ring is 2. The number of imidazole rings is 2. The number of hydrogen-bond donors (Lipinski definition) is 4. The summed E-state index contributed by atoms with van der Waals surface area (Å²) in [4.78, 5) is 44.5. The van der Waals surface area contributed by atoms with Gasteiger partial charge in [-0.3, -0.25) is 14.3 Å². The van der Waals surface area contributed by atoms with E-state index in [1.165, 1.54) is 12.7 Å². The SMILES string of the molecule is Nc1nc2c(ncn2[C@H]2C[C@H](C[P+](=O)OCC3CC[C@H](Cn4cnc5c(N)ncnc54)O3)C(CO[P+](=O)O)O2)c(=O)[nH]1. The summed E-state index contributed by atoms with van der Waals surface area (Å²) in [5.41, 5.74) is 12.6. The zero-order chi connectivity index (χ0) is 29.4. The Hall–Kier alpha value is -3.50. The molecule has 0 spiro atoms. The van der Waals surface area contributed by atoms with Crippen LogP contribution in [0.2, 0.25) is 0 Å². The Morgan fingerprint density at radius 3 is 2.67 bits per heavy atom.